The van der Waals surface area contributed by atoms with Crippen molar-refractivity contribution in [2.24, 2.45) is 0 Å². The van der Waals surface area contributed by atoms with E-state index in [0.717, 1.165) is 11.3 Å². The molecular weight excluding hydrogens is 264 g/mol. The molecule has 0 aliphatic heterocycles. The highest BCUT2D eigenvalue weighted by molar-refractivity contribution is 6.02. The van der Waals surface area contributed by atoms with E-state index in [0.29, 0.717) is 11.3 Å². The van der Waals surface area contributed by atoms with Crippen LogP contribution >= 0.6 is 0 Å². The number of hydrogen-bond acceptors (Lipinski definition) is 3. The van der Waals surface area contributed by atoms with Crippen LogP contribution in [0.25, 0.3) is 6.08 Å². The topological polar surface area (TPSA) is 62.1 Å². The first kappa shape index (κ1) is 14.4. The summed E-state index contributed by atoms with van der Waals surface area (Å²) in [5.74, 6) is 0.480. The van der Waals surface area contributed by atoms with Gasteiger partial charge in [0.1, 0.15) is 11.8 Å². The molecule has 0 aromatic heterocycles. The van der Waals surface area contributed by atoms with Crippen molar-refractivity contribution >= 4 is 17.7 Å². The molecule has 21 heavy (non-hydrogen) atoms. The predicted octanol–water partition coefficient (Wildman–Crippen LogP) is 3.22. The summed E-state index contributed by atoms with van der Waals surface area (Å²) < 4.78 is 5.07. The molecule has 0 unspecified atom stereocenters. The number of nitrogens with zero attached hydrogens (tertiary/aromatic N) is 1. The highest BCUT2D eigenvalue weighted by atomic mass is 16.5. The van der Waals surface area contributed by atoms with Gasteiger partial charge in [0.15, 0.2) is 0 Å². The number of para-hydroxylation sites is 1. The minimum absolute atomic E-state index is 0.284. The third-order valence-corrected chi connectivity index (χ3v) is 2.85. The summed E-state index contributed by atoms with van der Waals surface area (Å²) in [4.78, 5) is 11.8. The van der Waals surface area contributed by atoms with E-state index in [-0.39, 0.29) is 5.91 Å². The van der Waals surface area contributed by atoms with Crippen molar-refractivity contribution in [2.75, 3.05) is 12.4 Å². The number of carbonyl (C=O) groups excluding carboxylic acids is 1. The molecule has 0 radical (unpaired) electrons. The summed E-state index contributed by atoms with van der Waals surface area (Å²) in [7, 11) is 1.60. The van der Waals surface area contributed by atoms with E-state index in [1.807, 2.05) is 30.3 Å². The fourth-order valence-corrected chi connectivity index (χ4v) is 1.75. The Bertz CT molecular complexity index is 697. The van der Waals surface area contributed by atoms with Crippen LogP contribution in [0.4, 0.5) is 5.69 Å². The number of benzene rings is 2. The van der Waals surface area contributed by atoms with Crippen molar-refractivity contribution in [1.29, 1.82) is 5.26 Å². The number of nitrogens with one attached hydrogen (secondary N) is 1. The molecule has 0 atom stereocenters. The van der Waals surface area contributed by atoms with Crippen LogP contribution in [0, 0.1) is 11.3 Å². The van der Waals surface area contributed by atoms with Crippen LogP contribution in [0.2, 0.25) is 0 Å². The summed E-state index contributed by atoms with van der Waals surface area (Å²) in [5.41, 5.74) is 1.83. The van der Waals surface area contributed by atoms with Crippen LogP contribution in [-0.4, -0.2) is 13.0 Å². The zero-order valence-corrected chi connectivity index (χ0v) is 11.5. The van der Waals surface area contributed by atoms with E-state index < -0.39 is 0 Å². The SMILES string of the molecule is COc1ccc(C=CC(=O)Nc2ccccc2C#N)cc1. The predicted molar refractivity (Wildman–Crippen MR) is 81.8 cm³/mol. The normalized spacial score (nSPS) is 10.1. The van der Waals surface area contributed by atoms with Crippen LogP contribution < -0.4 is 10.1 Å². The molecular formula is C17H14N2O2. The molecule has 0 aliphatic carbocycles. The van der Waals surface area contributed by atoms with Gasteiger partial charge >= 0.3 is 0 Å². The maximum Gasteiger partial charge on any atom is 0.248 e. The molecule has 0 spiro atoms. The summed E-state index contributed by atoms with van der Waals surface area (Å²) in [6.45, 7) is 0. The Balaban J connectivity index is 2.04. The lowest BCUT2D eigenvalue weighted by atomic mass is 10.2. The molecule has 0 saturated heterocycles. The number of ether oxygens (including phenoxy) is 1. The van der Waals surface area contributed by atoms with Crippen molar-refractivity contribution in [2.45, 2.75) is 0 Å². The van der Waals surface area contributed by atoms with Gasteiger partial charge in [-0.2, -0.15) is 5.26 Å². The van der Waals surface area contributed by atoms with E-state index in [9.17, 15) is 4.79 Å². The second kappa shape index (κ2) is 6.92. The van der Waals surface area contributed by atoms with Crippen LogP contribution in [0.3, 0.4) is 0 Å². The van der Waals surface area contributed by atoms with Gasteiger partial charge in [-0.25, -0.2) is 0 Å². The van der Waals surface area contributed by atoms with Crippen LogP contribution in [0.1, 0.15) is 11.1 Å². The lowest BCUT2D eigenvalue weighted by Crippen LogP contribution is -2.08. The minimum atomic E-state index is -0.284. The van der Waals surface area contributed by atoms with Crippen molar-refractivity contribution in [3.8, 4) is 11.8 Å². The highest BCUT2D eigenvalue weighted by Gasteiger charge is 2.03. The summed E-state index contributed by atoms with van der Waals surface area (Å²) >= 11 is 0. The molecule has 104 valence electrons. The van der Waals surface area contributed by atoms with Crippen LogP contribution in [0.15, 0.2) is 54.6 Å². The maximum atomic E-state index is 11.8. The minimum Gasteiger partial charge on any atom is -0.497 e. The molecule has 0 heterocycles. The lowest BCUT2D eigenvalue weighted by Gasteiger charge is -2.03. The summed E-state index contributed by atoms with van der Waals surface area (Å²) in [6, 6.07) is 16.3. The Morgan fingerprint density at radius 2 is 1.90 bits per heavy atom. The van der Waals surface area contributed by atoms with Gasteiger partial charge in [-0.05, 0) is 35.9 Å². The lowest BCUT2D eigenvalue weighted by molar-refractivity contribution is -0.111. The highest BCUT2D eigenvalue weighted by Crippen LogP contribution is 2.14. The number of anilines is 1. The zero-order chi connectivity index (χ0) is 15.1. The molecule has 1 amide bonds. The monoisotopic (exact) mass is 278 g/mol. The number of rotatable bonds is 4. The molecule has 4 heteroatoms. The van der Waals surface area contributed by atoms with Gasteiger partial charge in [-0.15, -0.1) is 0 Å². The Morgan fingerprint density at radius 3 is 2.57 bits per heavy atom. The second-order valence-corrected chi connectivity index (χ2v) is 4.25. The number of nitriles is 1. The van der Waals surface area contributed by atoms with E-state index in [1.165, 1.54) is 6.08 Å². The first-order valence-electron chi connectivity index (χ1n) is 6.35. The molecule has 2 aromatic rings. The first-order valence-corrected chi connectivity index (χ1v) is 6.35. The number of methoxy groups -OCH3 is 1. The average Bonchev–Trinajstić information content (AvgIpc) is 2.54. The Morgan fingerprint density at radius 1 is 1.19 bits per heavy atom. The van der Waals surface area contributed by atoms with Crippen molar-refractivity contribution < 1.29 is 9.53 Å². The summed E-state index contributed by atoms with van der Waals surface area (Å²) in [6.07, 6.45) is 3.12. The number of carbonyl (C=O) groups is 1. The standard InChI is InChI=1S/C17H14N2O2/c1-21-15-9-6-13(7-10-15)8-11-17(20)19-16-5-3-2-4-14(16)12-18/h2-11H,1H3,(H,19,20). The van der Waals surface area contributed by atoms with Crippen molar-refractivity contribution in [3.63, 3.8) is 0 Å². The Kier molecular flexibility index (Phi) is 4.73. The number of amides is 1. The van der Waals surface area contributed by atoms with Gasteiger partial charge in [-0.1, -0.05) is 24.3 Å². The van der Waals surface area contributed by atoms with Gasteiger partial charge in [0.25, 0.3) is 0 Å². The van der Waals surface area contributed by atoms with E-state index >= 15 is 0 Å². The van der Waals surface area contributed by atoms with Crippen molar-refractivity contribution in [3.05, 3.63) is 65.7 Å². The van der Waals surface area contributed by atoms with Crippen LogP contribution in [-0.2, 0) is 4.79 Å². The fourth-order valence-electron chi connectivity index (χ4n) is 1.75. The van der Waals surface area contributed by atoms with Gasteiger partial charge in [0, 0.05) is 6.08 Å². The van der Waals surface area contributed by atoms with Crippen LogP contribution in [0.5, 0.6) is 5.75 Å². The molecule has 1 N–H and O–H groups in total. The third kappa shape index (κ3) is 3.95. The molecule has 0 aliphatic rings. The Hall–Kier alpha value is -3.06. The molecule has 4 nitrogen and oxygen atoms in total. The van der Waals surface area contributed by atoms with Gasteiger partial charge in [-0.3, -0.25) is 4.79 Å². The van der Waals surface area contributed by atoms with Gasteiger partial charge < -0.3 is 10.1 Å². The molecule has 2 rings (SSSR count). The quantitative estimate of drug-likeness (QED) is 0.873. The van der Waals surface area contributed by atoms with E-state index in [1.54, 1.807) is 37.5 Å². The summed E-state index contributed by atoms with van der Waals surface area (Å²) in [5, 5.41) is 11.6. The molecule has 0 bridgehead atoms. The van der Waals surface area contributed by atoms with Gasteiger partial charge in [0.2, 0.25) is 5.91 Å². The smallest absolute Gasteiger partial charge is 0.248 e. The third-order valence-electron chi connectivity index (χ3n) is 2.85. The second-order valence-electron chi connectivity index (χ2n) is 4.25. The Labute approximate surface area is 123 Å². The molecule has 0 fully saturated rings. The zero-order valence-electron chi connectivity index (χ0n) is 11.5. The van der Waals surface area contributed by atoms with Crippen molar-refractivity contribution in [1.82, 2.24) is 0 Å². The molecule has 0 saturated carbocycles. The van der Waals surface area contributed by atoms with E-state index in [2.05, 4.69) is 5.32 Å². The first-order chi connectivity index (χ1) is 10.2. The fraction of sp³-hybridized carbons (Fsp3) is 0.0588. The van der Waals surface area contributed by atoms with Gasteiger partial charge in [0.05, 0.1) is 18.4 Å². The maximum absolute atomic E-state index is 11.8. The van der Waals surface area contributed by atoms with E-state index in [4.69, 9.17) is 10.00 Å². The molecule has 2 aromatic carbocycles. The number of hydrogen-bond donors (Lipinski definition) is 1. The largest absolute Gasteiger partial charge is 0.497 e. The average molecular weight is 278 g/mol.